The predicted octanol–water partition coefficient (Wildman–Crippen LogP) is 30.9. The summed E-state index contributed by atoms with van der Waals surface area (Å²) in [5, 5.41) is 2.74. The molecule has 2 radical (unpaired) electrons. The minimum absolute atomic E-state index is 0. The van der Waals surface area contributed by atoms with Gasteiger partial charge in [0.2, 0.25) is 0 Å². The van der Waals surface area contributed by atoms with E-state index in [1.807, 2.05) is 0 Å². The third-order valence-corrected chi connectivity index (χ3v) is 30.5. The number of hydrogen-bond acceptors (Lipinski definition) is 0. The second-order valence-electron chi connectivity index (χ2n) is 34.9. The fraction of sp³-hybridized carbons (Fsp3) is 0.737. The first-order valence-corrected chi connectivity index (χ1v) is 43.0. The van der Waals surface area contributed by atoms with E-state index >= 15 is 0 Å². The van der Waals surface area contributed by atoms with Gasteiger partial charge in [-0.3, -0.25) is 0 Å². The summed E-state index contributed by atoms with van der Waals surface area (Å²) < 4.78 is 0. The average molecular weight is 1530 g/mol. The molecule has 4 aromatic rings. The number of aryl methyl sites for hydroxylation is 4. The van der Waals surface area contributed by atoms with Gasteiger partial charge in [-0.15, -0.1) is 0 Å². The molecule has 16 rings (SSSR count). The maximum atomic E-state index is 3.25. The summed E-state index contributed by atoms with van der Waals surface area (Å²) in [6.45, 7) is 38.1. The summed E-state index contributed by atoms with van der Waals surface area (Å²) >= 11 is 0. The van der Waals surface area contributed by atoms with Crippen LogP contribution in [0.25, 0.3) is 10.8 Å². The molecule has 11 fully saturated rings. The van der Waals surface area contributed by atoms with E-state index in [4.69, 9.17) is 0 Å². The summed E-state index contributed by atoms with van der Waals surface area (Å²) in [5.41, 5.74) is 9.02. The third-order valence-electron chi connectivity index (χ3n) is 30.5. The van der Waals surface area contributed by atoms with Crippen LogP contribution in [0.3, 0.4) is 0 Å². The topological polar surface area (TPSA) is 0 Å². The van der Waals surface area contributed by atoms with E-state index < -0.39 is 0 Å². The average Bonchev–Trinajstić information content (AvgIpc) is 1.49. The molecule has 12 aliphatic rings. The van der Waals surface area contributed by atoms with E-state index in [0.717, 1.165) is 143 Å². The zero-order valence-electron chi connectivity index (χ0n) is 70.1. The molecule has 0 heterocycles. The molecule has 4 aromatic carbocycles. The van der Waals surface area contributed by atoms with Gasteiger partial charge >= 0.3 is 0 Å². The molecule has 101 heavy (non-hydrogen) atoms. The minimum atomic E-state index is 0. The number of benzene rings is 4. The van der Waals surface area contributed by atoms with E-state index in [0.29, 0.717) is 0 Å². The van der Waals surface area contributed by atoms with Crippen molar-refractivity contribution in [2.45, 2.75) is 341 Å². The van der Waals surface area contributed by atoms with Gasteiger partial charge in [0, 0.05) is 65.4 Å². The van der Waals surface area contributed by atoms with E-state index in [-0.39, 0.29) is 87.7 Å². The van der Waals surface area contributed by atoms with Gasteiger partial charge in [0.25, 0.3) is 0 Å². The SMILES string of the molecule is CCC1CC2CCCC2C1C.CCC1CC2CCCCC2C1C.CCC1CCC2CCCC2C1C.CCC1CCCC1C.CCc1ccc2ccccc2c1C.CCc1ccccc1C.C[C@@H]1C2CCCC2C[C@@H]2CCCC[C@@H]21.C[C@@H]1c2ccccc2C[C@@H]2CCCC[C@@H]21.[CH2-]C.[CH3-].[CH3-].[CH3-].[Y].[Y]. The molecule has 570 valence electrons. The third kappa shape index (κ3) is 25.7. The predicted molar refractivity (Wildman–Crippen MR) is 444 cm³/mol. The van der Waals surface area contributed by atoms with Gasteiger partial charge in [0.05, 0.1) is 0 Å². The molecular weight excluding hydrogens is 1370 g/mol. The summed E-state index contributed by atoms with van der Waals surface area (Å²) in [4.78, 5) is 0. The van der Waals surface area contributed by atoms with Crippen molar-refractivity contribution in [3.05, 3.63) is 148 Å². The van der Waals surface area contributed by atoms with Gasteiger partial charge in [-0.1, -0.05) is 303 Å². The van der Waals surface area contributed by atoms with Crippen LogP contribution < -0.4 is 0 Å². The van der Waals surface area contributed by atoms with Crippen LogP contribution in [0, 0.1) is 167 Å². The molecule has 0 bridgehead atoms. The second-order valence-corrected chi connectivity index (χ2v) is 34.9. The summed E-state index contributed by atoms with van der Waals surface area (Å²) in [6, 6.07) is 30.6. The van der Waals surface area contributed by atoms with Crippen molar-refractivity contribution in [1.29, 1.82) is 0 Å². The van der Waals surface area contributed by atoms with Crippen molar-refractivity contribution in [1.82, 2.24) is 0 Å². The first kappa shape index (κ1) is 94.6. The molecule has 0 saturated heterocycles. The number of fused-ring (bicyclic) bond motifs is 8. The second kappa shape index (κ2) is 49.5. The molecule has 2 heteroatoms. The quantitative estimate of drug-likeness (QED) is 0.169. The van der Waals surface area contributed by atoms with Crippen LogP contribution in [0.15, 0.2) is 84.9 Å². The van der Waals surface area contributed by atoms with Crippen molar-refractivity contribution >= 4 is 10.8 Å². The first-order valence-electron chi connectivity index (χ1n) is 43.0. The van der Waals surface area contributed by atoms with Crippen molar-refractivity contribution in [2.75, 3.05) is 0 Å². The fourth-order valence-electron chi connectivity index (χ4n) is 24.5. The molecule has 0 N–H and O–H groups in total. The zero-order valence-corrected chi connectivity index (χ0v) is 75.8. The Bertz CT molecular complexity index is 2770. The van der Waals surface area contributed by atoms with E-state index in [1.54, 1.807) is 114 Å². The van der Waals surface area contributed by atoms with Crippen LogP contribution in [0.2, 0.25) is 0 Å². The van der Waals surface area contributed by atoms with Crippen LogP contribution in [0.1, 0.15) is 341 Å². The van der Waals surface area contributed by atoms with Gasteiger partial charge in [-0.25, -0.2) is 0 Å². The van der Waals surface area contributed by atoms with E-state index in [2.05, 4.69) is 189 Å². The van der Waals surface area contributed by atoms with Crippen LogP contribution in [-0.2, 0) is 84.7 Å². The van der Waals surface area contributed by atoms with Gasteiger partial charge in [0.15, 0.2) is 0 Å². The van der Waals surface area contributed by atoms with Gasteiger partial charge in [-0.2, -0.15) is 6.92 Å². The Balaban J connectivity index is 0.000000299. The standard InChI is InChI=1S/C15H20.C14H24.C13H14.2C12H22.C11H20.C9H12.C8H16.C2H5.3CH3.2Y/c1-11-14-8-4-2-6-12(14)10-13-7-3-5-9-15(11)13;1-10-13-7-3-2-5-11(13)9-12-6-4-8-14(10)12;1-3-11-8-9-12-6-4-5-7-13(12)10(11)2;1-3-10-7-8-11-5-4-6-12(11)9(10)2;1-3-10-8-11-6-4-5-7-12(11)9(10)2;1-3-9-7-10-5-4-6-11(10)8(9)2;1-3-9-7-5-4-6-8(9)2;1-3-8-6-4-5-7(8)2;1-2;;;;;/h2,4,6,8,11,13,15H,3,5,7,9-10H2,1H3;10-14H,2-9H2,1H3;4-9H,3H2,1-2H3;2*9-12H,3-8H2,1-2H3;8-11H,3-7H2,1-2H3;4-7H,3H2,1-2H3;7-8H,3-6H2,1-2H3;1H2,2H3;3*1H3;;/q;;;;;;;;4*-1;;/t11-,13+,15-;10-,11-,12?,13+,14?;;;;;;;;;;;;/m10............/s1. The molecular formula is C99H164Y2-4. The smallest absolute Gasteiger partial charge is 0 e. The van der Waals surface area contributed by atoms with Crippen LogP contribution >= 0.6 is 0 Å². The Labute approximate surface area is 682 Å². The van der Waals surface area contributed by atoms with Gasteiger partial charge < -0.3 is 29.2 Å². The Morgan fingerprint density at radius 2 is 0.752 bits per heavy atom. The van der Waals surface area contributed by atoms with Crippen molar-refractivity contribution < 1.29 is 65.4 Å². The zero-order chi connectivity index (χ0) is 68.7. The Morgan fingerprint density at radius 3 is 1.25 bits per heavy atom. The molecule has 0 aromatic heterocycles. The molecule has 0 spiro atoms. The number of rotatable bonds is 6. The maximum absolute atomic E-state index is 3.25. The minimum Gasteiger partial charge on any atom is -0.358 e. The molecule has 12 aliphatic carbocycles. The van der Waals surface area contributed by atoms with Gasteiger partial charge in [0.1, 0.15) is 0 Å². The van der Waals surface area contributed by atoms with E-state index in [9.17, 15) is 0 Å². The summed E-state index contributed by atoms with van der Waals surface area (Å²) in [5.74, 6) is 23.6. The largest absolute Gasteiger partial charge is 0.358 e. The molecule has 16 unspecified atom stereocenters. The van der Waals surface area contributed by atoms with Crippen molar-refractivity contribution in [3.63, 3.8) is 0 Å². The van der Waals surface area contributed by atoms with Crippen molar-refractivity contribution in [3.8, 4) is 0 Å². The summed E-state index contributed by atoms with van der Waals surface area (Å²) in [7, 11) is 0. The first-order chi connectivity index (χ1) is 46.7. The van der Waals surface area contributed by atoms with E-state index in [1.165, 1.54) is 155 Å². The van der Waals surface area contributed by atoms with Gasteiger partial charge in [-0.05, 0) is 285 Å². The monoisotopic (exact) mass is 1530 g/mol. The van der Waals surface area contributed by atoms with Crippen LogP contribution in [0.5, 0.6) is 0 Å². The Morgan fingerprint density at radius 1 is 0.337 bits per heavy atom. The molecule has 0 aliphatic heterocycles. The maximum Gasteiger partial charge on any atom is 0 e. The number of hydrogen-bond donors (Lipinski definition) is 0. The van der Waals surface area contributed by atoms with Crippen molar-refractivity contribution in [2.24, 2.45) is 124 Å². The molecule has 0 amide bonds. The Hall–Kier alpha value is -0.652. The van der Waals surface area contributed by atoms with Crippen LogP contribution in [0.4, 0.5) is 0 Å². The molecule has 0 nitrogen and oxygen atoms in total. The molecule has 22 atom stereocenters. The summed E-state index contributed by atoms with van der Waals surface area (Å²) in [6.07, 6.45) is 53.7. The normalized spacial score (nSPS) is 34.4. The molecule has 11 saturated carbocycles. The van der Waals surface area contributed by atoms with Crippen LogP contribution in [-0.4, -0.2) is 0 Å². The fourth-order valence-corrected chi connectivity index (χ4v) is 24.5. The Kier molecular flexibility index (Phi) is 46.3.